The molecule has 4 N–H and O–H groups in total. The van der Waals surface area contributed by atoms with E-state index < -0.39 is 0 Å². The zero-order valence-electron chi connectivity index (χ0n) is 13.2. The molecular weight excluding hydrogens is 345 g/mol. The largest absolute Gasteiger partial charge is 0.382 e. The van der Waals surface area contributed by atoms with Gasteiger partial charge in [-0.15, -0.1) is 0 Å². The predicted molar refractivity (Wildman–Crippen MR) is 98.4 cm³/mol. The van der Waals surface area contributed by atoms with Crippen molar-refractivity contribution < 1.29 is 0 Å². The Morgan fingerprint density at radius 3 is 2.71 bits per heavy atom. The van der Waals surface area contributed by atoms with E-state index in [2.05, 4.69) is 14.9 Å². The number of benzene rings is 1. The van der Waals surface area contributed by atoms with E-state index in [0.29, 0.717) is 33.2 Å². The first kappa shape index (κ1) is 15.9. The molecule has 0 amide bonds. The molecule has 1 aromatic carbocycles. The van der Waals surface area contributed by atoms with Crippen LogP contribution in [-0.2, 0) is 0 Å². The van der Waals surface area contributed by atoms with Crippen LogP contribution >= 0.6 is 23.2 Å². The van der Waals surface area contributed by atoms with Gasteiger partial charge in [0.1, 0.15) is 11.5 Å². The van der Waals surface area contributed by atoms with Gasteiger partial charge in [-0.25, -0.2) is 9.97 Å². The van der Waals surface area contributed by atoms with Crippen LogP contribution in [0.5, 0.6) is 0 Å². The van der Waals surface area contributed by atoms with Crippen molar-refractivity contribution in [2.45, 2.75) is 25.3 Å². The van der Waals surface area contributed by atoms with Gasteiger partial charge in [-0.3, -0.25) is 0 Å². The van der Waals surface area contributed by atoms with Gasteiger partial charge >= 0.3 is 0 Å². The predicted octanol–water partition coefficient (Wildman–Crippen LogP) is 3.35. The lowest BCUT2D eigenvalue weighted by atomic mass is 9.64. The van der Waals surface area contributed by atoms with Crippen molar-refractivity contribution in [3.8, 4) is 11.3 Å². The summed E-state index contributed by atoms with van der Waals surface area (Å²) in [5, 5.41) is 0.911. The van der Waals surface area contributed by atoms with Crippen LogP contribution in [0.2, 0.25) is 10.0 Å². The zero-order chi connectivity index (χ0) is 16.9. The van der Waals surface area contributed by atoms with Gasteiger partial charge in [-0.2, -0.15) is 0 Å². The molecule has 7 heteroatoms. The summed E-state index contributed by atoms with van der Waals surface area (Å²) >= 11 is 12.3. The van der Waals surface area contributed by atoms with Gasteiger partial charge in [-0.05, 0) is 25.3 Å². The molecule has 2 atom stereocenters. The fraction of sp³-hybridized carbons (Fsp3) is 0.412. The highest BCUT2D eigenvalue weighted by Gasteiger charge is 2.49. The number of nitrogens with two attached hydrogens (primary N) is 2. The first-order valence-corrected chi connectivity index (χ1v) is 8.83. The Balaban J connectivity index is 1.62. The van der Waals surface area contributed by atoms with E-state index in [0.717, 1.165) is 31.7 Å². The van der Waals surface area contributed by atoms with Crippen LogP contribution in [0.1, 0.15) is 19.3 Å². The highest BCUT2D eigenvalue weighted by molar-refractivity contribution is 6.43. The van der Waals surface area contributed by atoms with Gasteiger partial charge in [0.2, 0.25) is 0 Å². The fourth-order valence-electron chi connectivity index (χ4n) is 3.76. The molecule has 2 fully saturated rings. The Bertz CT molecular complexity index is 797. The summed E-state index contributed by atoms with van der Waals surface area (Å²) in [6.45, 7) is 1.87. The summed E-state index contributed by atoms with van der Waals surface area (Å²) in [5.74, 6) is 1.15. The van der Waals surface area contributed by atoms with Crippen LogP contribution < -0.4 is 16.4 Å². The molecule has 2 heterocycles. The van der Waals surface area contributed by atoms with E-state index in [9.17, 15) is 0 Å². The number of hydrogen-bond donors (Lipinski definition) is 2. The third-order valence-corrected chi connectivity index (χ3v) is 6.26. The van der Waals surface area contributed by atoms with Crippen LogP contribution in [0, 0.1) is 5.41 Å². The molecule has 1 saturated heterocycles. The maximum absolute atomic E-state index is 6.27. The summed E-state index contributed by atoms with van der Waals surface area (Å²) in [5.41, 5.74) is 13.9. The van der Waals surface area contributed by atoms with Crippen LogP contribution in [0.15, 0.2) is 24.4 Å². The molecular formula is C17H19Cl2N5. The number of nitrogens with zero attached hydrogens (tertiary/aromatic N) is 3. The van der Waals surface area contributed by atoms with E-state index in [1.165, 1.54) is 6.42 Å². The maximum Gasteiger partial charge on any atom is 0.152 e. The lowest BCUT2D eigenvalue weighted by molar-refractivity contribution is 0.122. The molecule has 1 aromatic heterocycles. The third kappa shape index (κ3) is 2.42. The molecule has 24 heavy (non-hydrogen) atoms. The van der Waals surface area contributed by atoms with Crippen molar-refractivity contribution in [2.24, 2.45) is 11.1 Å². The lowest BCUT2D eigenvalue weighted by Gasteiger charge is -2.44. The van der Waals surface area contributed by atoms with Crippen molar-refractivity contribution in [3.05, 3.63) is 34.4 Å². The molecule has 1 saturated carbocycles. The quantitative estimate of drug-likeness (QED) is 0.854. The van der Waals surface area contributed by atoms with Gasteiger partial charge in [0.05, 0.1) is 16.2 Å². The normalized spacial score (nSPS) is 26.0. The number of rotatable bonds is 2. The minimum absolute atomic E-state index is 0.255. The standard InChI is InChI=1S/C17H19Cl2N5/c18-11-3-1-2-10(14(11)19)15-16(21)23-13(8-22-15)24-7-6-17(9-24)5-4-12(17)20/h1-3,8,12H,4-7,9,20H2,(H2,21,23)/t12?,17-/m0/s1. The van der Waals surface area contributed by atoms with Crippen molar-refractivity contribution in [1.29, 1.82) is 0 Å². The first-order valence-electron chi connectivity index (χ1n) is 8.08. The van der Waals surface area contributed by atoms with E-state index in [1.54, 1.807) is 12.3 Å². The number of hydrogen-bond acceptors (Lipinski definition) is 5. The molecule has 1 aliphatic heterocycles. The van der Waals surface area contributed by atoms with E-state index in [1.807, 2.05) is 12.1 Å². The van der Waals surface area contributed by atoms with Crippen molar-refractivity contribution in [3.63, 3.8) is 0 Å². The molecule has 1 unspecified atom stereocenters. The van der Waals surface area contributed by atoms with Gasteiger partial charge in [-0.1, -0.05) is 35.3 Å². The monoisotopic (exact) mass is 363 g/mol. The summed E-state index contributed by atoms with van der Waals surface area (Å²) in [6.07, 6.45) is 5.18. The Morgan fingerprint density at radius 1 is 1.25 bits per heavy atom. The van der Waals surface area contributed by atoms with Crippen molar-refractivity contribution in [2.75, 3.05) is 23.7 Å². The molecule has 1 spiro atoms. The number of nitrogen functional groups attached to an aromatic ring is 1. The minimum Gasteiger partial charge on any atom is -0.382 e. The highest BCUT2D eigenvalue weighted by Crippen LogP contribution is 2.48. The smallest absolute Gasteiger partial charge is 0.152 e. The first-order chi connectivity index (χ1) is 11.5. The van der Waals surface area contributed by atoms with Gasteiger partial charge < -0.3 is 16.4 Å². The second kappa shape index (κ2) is 5.76. The maximum atomic E-state index is 6.27. The summed E-state index contributed by atoms with van der Waals surface area (Å²) in [7, 11) is 0. The zero-order valence-corrected chi connectivity index (χ0v) is 14.7. The van der Waals surface area contributed by atoms with Crippen molar-refractivity contribution in [1.82, 2.24) is 9.97 Å². The van der Waals surface area contributed by atoms with Crippen LogP contribution in [-0.4, -0.2) is 29.1 Å². The van der Waals surface area contributed by atoms with Gasteiger partial charge in [0.15, 0.2) is 5.82 Å². The van der Waals surface area contributed by atoms with Gasteiger partial charge in [0.25, 0.3) is 0 Å². The lowest BCUT2D eigenvalue weighted by Crippen LogP contribution is -2.52. The molecule has 0 radical (unpaired) electrons. The van der Waals surface area contributed by atoms with E-state index in [4.69, 9.17) is 34.7 Å². The van der Waals surface area contributed by atoms with Crippen LogP contribution in [0.3, 0.4) is 0 Å². The second-order valence-corrected chi connectivity index (χ2v) is 7.53. The molecule has 126 valence electrons. The second-order valence-electron chi connectivity index (χ2n) is 6.74. The van der Waals surface area contributed by atoms with E-state index in [-0.39, 0.29) is 5.41 Å². The molecule has 5 nitrogen and oxygen atoms in total. The summed E-state index contributed by atoms with van der Waals surface area (Å²) < 4.78 is 0. The molecule has 2 aromatic rings. The summed E-state index contributed by atoms with van der Waals surface area (Å²) in [4.78, 5) is 11.3. The molecule has 4 rings (SSSR count). The third-order valence-electron chi connectivity index (χ3n) is 5.44. The molecule has 1 aliphatic carbocycles. The fourth-order valence-corrected chi connectivity index (χ4v) is 4.15. The topological polar surface area (TPSA) is 81.1 Å². The Labute approximate surface area is 151 Å². The van der Waals surface area contributed by atoms with Gasteiger partial charge in [0, 0.05) is 30.1 Å². The summed E-state index contributed by atoms with van der Waals surface area (Å²) in [6, 6.07) is 5.70. The number of anilines is 2. The molecule has 0 bridgehead atoms. The van der Waals surface area contributed by atoms with Crippen LogP contribution in [0.4, 0.5) is 11.6 Å². The average molecular weight is 364 g/mol. The minimum atomic E-state index is 0.255. The Hall–Kier alpha value is -1.56. The SMILES string of the molecule is Nc1nc(N2CC[C@@]3(CCC3N)C2)cnc1-c1cccc(Cl)c1Cl. The number of aromatic nitrogens is 2. The average Bonchev–Trinajstić information content (AvgIpc) is 3.04. The van der Waals surface area contributed by atoms with Crippen molar-refractivity contribution >= 4 is 34.8 Å². The molecule has 2 aliphatic rings. The highest BCUT2D eigenvalue weighted by atomic mass is 35.5. The Morgan fingerprint density at radius 2 is 2.08 bits per heavy atom. The van der Waals surface area contributed by atoms with E-state index >= 15 is 0 Å². The Kier molecular flexibility index (Phi) is 3.82. The number of halogens is 2. The van der Waals surface area contributed by atoms with Crippen LogP contribution in [0.25, 0.3) is 11.3 Å².